The number of carbonyl (C=O) groups is 1. The summed E-state index contributed by atoms with van der Waals surface area (Å²) < 4.78 is 16.8. The van der Waals surface area contributed by atoms with Gasteiger partial charge in [-0.15, -0.1) is 0 Å². The molecule has 3 rings (SSSR count). The lowest BCUT2D eigenvalue weighted by molar-refractivity contribution is -0.145. The summed E-state index contributed by atoms with van der Waals surface area (Å²) in [5, 5.41) is 9.73. The van der Waals surface area contributed by atoms with Crippen LogP contribution in [0.4, 0.5) is 0 Å². The Labute approximate surface area is 188 Å². The van der Waals surface area contributed by atoms with E-state index in [4.69, 9.17) is 14.2 Å². The Morgan fingerprint density at radius 1 is 1.19 bits per heavy atom. The molecule has 0 fully saturated rings. The van der Waals surface area contributed by atoms with Crippen molar-refractivity contribution in [3.63, 3.8) is 0 Å². The van der Waals surface area contributed by atoms with Crippen molar-refractivity contribution in [3.05, 3.63) is 51.8 Å². The molecule has 1 N–H and O–H groups in total. The van der Waals surface area contributed by atoms with Crippen molar-refractivity contribution in [3.8, 4) is 17.6 Å². The number of nitriles is 1. The first-order chi connectivity index (χ1) is 14.9. The minimum absolute atomic E-state index is 0.225. The molecule has 0 saturated carbocycles. The van der Waals surface area contributed by atoms with E-state index in [1.807, 2.05) is 32.0 Å². The maximum absolute atomic E-state index is 11.6. The monoisotopic (exact) mass is 483 g/mol. The van der Waals surface area contributed by atoms with Crippen molar-refractivity contribution in [2.24, 2.45) is 0 Å². The molecule has 2 aromatic carbocycles. The minimum Gasteiger partial charge on any atom is -0.490 e. The van der Waals surface area contributed by atoms with Crippen LogP contribution in [0.25, 0.3) is 22.7 Å². The highest BCUT2D eigenvalue weighted by molar-refractivity contribution is 9.10. The van der Waals surface area contributed by atoms with Crippen LogP contribution in [0, 0.1) is 18.3 Å². The maximum Gasteiger partial charge on any atom is 0.344 e. The Bertz CT molecular complexity index is 1180. The number of aryl methyl sites for hydroxylation is 1. The fourth-order valence-corrected chi connectivity index (χ4v) is 3.38. The average molecular weight is 484 g/mol. The predicted molar refractivity (Wildman–Crippen MR) is 122 cm³/mol. The number of hydrogen-bond donors (Lipinski definition) is 1. The molecule has 160 valence electrons. The van der Waals surface area contributed by atoms with E-state index in [1.165, 1.54) is 0 Å². The number of H-pyrrole nitrogens is 1. The Morgan fingerprint density at radius 2 is 1.97 bits per heavy atom. The summed E-state index contributed by atoms with van der Waals surface area (Å²) in [7, 11) is 0. The van der Waals surface area contributed by atoms with Crippen LogP contribution in [0.5, 0.6) is 11.5 Å². The van der Waals surface area contributed by atoms with Gasteiger partial charge in [0.1, 0.15) is 11.9 Å². The molecular formula is C23H22BrN3O4. The first kappa shape index (κ1) is 22.4. The number of aromatic nitrogens is 2. The minimum atomic E-state index is -0.461. The molecule has 1 heterocycles. The zero-order chi connectivity index (χ0) is 22.4. The molecule has 8 heteroatoms. The molecule has 7 nitrogen and oxygen atoms in total. The molecule has 0 atom stereocenters. The molecule has 0 saturated heterocycles. The molecule has 0 bridgehead atoms. The molecule has 31 heavy (non-hydrogen) atoms. The number of nitrogens with zero attached hydrogens (tertiary/aromatic N) is 2. The van der Waals surface area contributed by atoms with Gasteiger partial charge in [-0.1, -0.05) is 22.0 Å². The van der Waals surface area contributed by atoms with Gasteiger partial charge in [-0.2, -0.15) is 5.26 Å². The van der Waals surface area contributed by atoms with Crippen molar-refractivity contribution in [1.29, 1.82) is 5.26 Å². The third kappa shape index (κ3) is 5.44. The Hall–Kier alpha value is -3.31. The number of halogens is 1. The van der Waals surface area contributed by atoms with Crippen LogP contribution in [0.15, 0.2) is 34.8 Å². The fourth-order valence-electron chi connectivity index (χ4n) is 2.94. The largest absolute Gasteiger partial charge is 0.490 e. The van der Waals surface area contributed by atoms with E-state index in [2.05, 4.69) is 32.0 Å². The van der Waals surface area contributed by atoms with E-state index in [0.29, 0.717) is 39.5 Å². The van der Waals surface area contributed by atoms with Gasteiger partial charge in [-0.3, -0.25) is 0 Å². The maximum atomic E-state index is 11.6. The molecule has 0 aliphatic carbocycles. The van der Waals surface area contributed by atoms with Crippen molar-refractivity contribution in [2.45, 2.75) is 20.8 Å². The number of ether oxygens (including phenoxy) is 3. The molecular weight excluding hydrogens is 462 g/mol. The lowest BCUT2D eigenvalue weighted by Crippen LogP contribution is -2.15. The number of benzene rings is 2. The number of carbonyl (C=O) groups excluding carboxylic acids is 1. The lowest BCUT2D eigenvalue weighted by atomic mass is 10.1. The van der Waals surface area contributed by atoms with Crippen molar-refractivity contribution in [2.75, 3.05) is 19.8 Å². The second-order valence-electron chi connectivity index (χ2n) is 6.62. The normalized spacial score (nSPS) is 11.3. The number of esters is 1. The average Bonchev–Trinajstić information content (AvgIpc) is 3.16. The number of imidazole rings is 1. The van der Waals surface area contributed by atoms with Gasteiger partial charge in [0, 0.05) is 4.47 Å². The second-order valence-corrected chi connectivity index (χ2v) is 7.48. The summed E-state index contributed by atoms with van der Waals surface area (Å²) in [5.41, 5.74) is 3.84. The molecule has 0 aliphatic heterocycles. The quantitative estimate of drug-likeness (QED) is 0.356. The summed E-state index contributed by atoms with van der Waals surface area (Å²) in [6.07, 6.45) is 1.71. The molecule has 3 aromatic rings. The van der Waals surface area contributed by atoms with Gasteiger partial charge in [0.25, 0.3) is 0 Å². The summed E-state index contributed by atoms with van der Waals surface area (Å²) in [4.78, 5) is 19.3. The van der Waals surface area contributed by atoms with E-state index in [-0.39, 0.29) is 13.2 Å². The Kier molecular flexibility index (Phi) is 7.32. The summed E-state index contributed by atoms with van der Waals surface area (Å²) in [6, 6.07) is 11.5. The Morgan fingerprint density at radius 3 is 2.68 bits per heavy atom. The highest BCUT2D eigenvalue weighted by Gasteiger charge is 2.14. The van der Waals surface area contributed by atoms with E-state index < -0.39 is 5.97 Å². The summed E-state index contributed by atoms with van der Waals surface area (Å²) in [6.45, 7) is 6.05. The molecule has 0 aliphatic rings. The van der Waals surface area contributed by atoms with E-state index in [1.54, 1.807) is 25.1 Å². The Balaban J connectivity index is 1.95. The SMILES string of the molecule is CCOC(=O)COc1cc(Br)c(/C=C(/C#N)c2nc3ccc(C)cc3[nH]2)cc1OCC. The van der Waals surface area contributed by atoms with Gasteiger partial charge in [0.15, 0.2) is 18.1 Å². The van der Waals surface area contributed by atoms with Crippen LogP contribution in [0.3, 0.4) is 0 Å². The van der Waals surface area contributed by atoms with Crippen molar-refractivity contribution >= 4 is 44.6 Å². The topological polar surface area (TPSA) is 97.2 Å². The van der Waals surface area contributed by atoms with Gasteiger partial charge in [0.05, 0.1) is 29.8 Å². The number of nitrogens with one attached hydrogen (secondary N) is 1. The number of rotatable bonds is 8. The molecule has 1 aromatic heterocycles. The highest BCUT2D eigenvalue weighted by atomic mass is 79.9. The molecule has 0 unspecified atom stereocenters. The van der Waals surface area contributed by atoms with E-state index in [9.17, 15) is 10.1 Å². The third-order valence-electron chi connectivity index (χ3n) is 4.33. The van der Waals surface area contributed by atoms with Gasteiger partial charge in [0.2, 0.25) is 0 Å². The second kappa shape index (κ2) is 10.1. The number of aromatic amines is 1. The highest BCUT2D eigenvalue weighted by Crippen LogP contribution is 2.35. The molecule has 0 amide bonds. The molecule has 0 radical (unpaired) electrons. The number of fused-ring (bicyclic) bond motifs is 1. The van der Waals surface area contributed by atoms with Crippen LogP contribution >= 0.6 is 15.9 Å². The van der Waals surface area contributed by atoms with Gasteiger partial charge >= 0.3 is 5.97 Å². The van der Waals surface area contributed by atoms with Gasteiger partial charge < -0.3 is 19.2 Å². The smallest absolute Gasteiger partial charge is 0.344 e. The van der Waals surface area contributed by atoms with Crippen LogP contribution in [0.2, 0.25) is 0 Å². The molecule has 0 spiro atoms. The van der Waals surface area contributed by atoms with Gasteiger partial charge in [-0.05, 0) is 62.2 Å². The van der Waals surface area contributed by atoms with Crippen LogP contribution in [0.1, 0.15) is 30.8 Å². The summed E-state index contributed by atoms with van der Waals surface area (Å²) >= 11 is 3.51. The van der Waals surface area contributed by atoms with Crippen molar-refractivity contribution < 1.29 is 19.0 Å². The lowest BCUT2D eigenvalue weighted by Gasteiger charge is -2.13. The number of allylic oxidation sites excluding steroid dienone is 1. The van der Waals surface area contributed by atoms with E-state index >= 15 is 0 Å². The van der Waals surface area contributed by atoms with Crippen LogP contribution in [-0.4, -0.2) is 35.8 Å². The fraction of sp³-hybridized carbons (Fsp3) is 0.261. The van der Waals surface area contributed by atoms with Crippen molar-refractivity contribution in [1.82, 2.24) is 9.97 Å². The standard InChI is InChI=1S/C23H22BrN3O4/c1-4-29-20-10-15(17(24)11-21(20)31-13-22(28)30-5-2)9-16(12-25)23-26-18-7-6-14(3)8-19(18)27-23/h6-11H,4-5,13H2,1-3H3,(H,26,27)/b16-9-. The zero-order valence-corrected chi connectivity index (χ0v) is 19.1. The zero-order valence-electron chi connectivity index (χ0n) is 17.5. The van der Waals surface area contributed by atoms with Gasteiger partial charge in [-0.25, -0.2) is 9.78 Å². The van der Waals surface area contributed by atoms with Crippen LogP contribution in [-0.2, 0) is 9.53 Å². The summed E-state index contributed by atoms with van der Waals surface area (Å²) in [5.74, 6) is 0.878. The first-order valence-corrected chi connectivity index (χ1v) is 10.6. The number of hydrogen-bond acceptors (Lipinski definition) is 6. The predicted octanol–water partition coefficient (Wildman–Crippen LogP) is 5.04. The first-order valence-electron chi connectivity index (χ1n) is 9.78. The van der Waals surface area contributed by atoms with Crippen LogP contribution < -0.4 is 9.47 Å². The van der Waals surface area contributed by atoms with E-state index in [0.717, 1.165) is 16.6 Å². The third-order valence-corrected chi connectivity index (χ3v) is 5.01.